The number of anilines is 2. The van der Waals surface area contributed by atoms with Gasteiger partial charge in [-0.1, -0.05) is 11.6 Å². The Labute approximate surface area is 185 Å². The lowest BCUT2D eigenvalue weighted by Gasteiger charge is -2.11. The first kappa shape index (κ1) is 22.3. The van der Waals surface area contributed by atoms with Crippen molar-refractivity contribution in [2.75, 3.05) is 24.1 Å². The van der Waals surface area contributed by atoms with Gasteiger partial charge < -0.3 is 10.2 Å². The highest BCUT2D eigenvalue weighted by molar-refractivity contribution is 7.92. The molecule has 0 radical (unpaired) electrons. The number of sulfonamides is 1. The van der Waals surface area contributed by atoms with E-state index in [1.807, 2.05) is 0 Å². The molecule has 0 aliphatic rings. The molecule has 0 heterocycles. The molecule has 0 spiro atoms. The highest BCUT2D eigenvalue weighted by Gasteiger charge is 2.16. The van der Waals surface area contributed by atoms with Gasteiger partial charge >= 0.3 is 0 Å². The van der Waals surface area contributed by atoms with Gasteiger partial charge in [-0.3, -0.25) is 14.3 Å². The first-order valence-corrected chi connectivity index (χ1v) is 11.0. The molecule has 7 nitrogen and oxygen atoms in total. The van der Waals surface area contributed by atoms with E-state index < -0.39 is 15.9 Å². The van der Waals surface area contributed by atoms with Crippen LogP contribution in [-0.2, 0) is 10.0 Å². The summed E-state index contributed by atoms with van der Waals surface area (Å²) in [7, 11) is -0.489. The predicted molar refractivity (Wildman–Crippen MR) is 121 cm³/mol. The molecule has 0 aliphatic carbocycles. The normalized spacial score (nSPS) is 10.9. The van der Waals surface area contributed by atoms with Crippen molar-refractivity contribution < 1.29 is 18.0 Å². The van der Waals surface area contributed by atoms with Gasteiger partial charge in [0.25, 0.3) is 21.8 Å². The second kappa shape index (κ2) is 9.20. The summed E-state index contributed by atoms with van der Waals surface area (Å²) in [6.45, 7) is 0. The molecule has 3 rings (SSSR count). The third kappa shape index (κ3) is 5.62. The second-order valence-electron chi connectivity index (χ2n) is 6.87. The lowest BCUT2D eigenvalue weighted by Crippen LogP contribution is -2.21. The van der Waals surface area contributed by atoms with Gasteiger partial charge in [0.15, 0.2) is 0 Å². The van der Waals surface area contributed by atoms with Gasteiger partial charge in [-0.25, -0.2) is 8.42 Å². The number of halogens is 1. The number of nitrogens with one attached hydrogen (secondary N) is 2. The molecule has 0 aromatic heterocycles. The van der Waals surface area contributed by atoms with Crippen LogP contribution >= 0.6 is 11.6 Å². The van der Waals surface area contributed by atoms with Crippen molar-refractivity contribution >= 4 is 44.8 Å². The fourth-order valence-electron chi connectivity index (χ4n) is 2.68. The van der Waals surface area contributed by atoms with Crippen LogP contribution in [0.25, 0.3) is 0 Å². The van der Waals surface area contributed by atoms with Crippen molar-refractivity contribution in [3.8, 4) is 0 Å². The average molecular weight is 458 g/mol. The van der Waals surface area contributed by atoms with Crippen molar-refractivity contribution in [1.29, 1.82) is 0 Å². The lowest BCUT2D eigenvalue weighted by atomic mass is 10.1. The van der Waals surface area contributed by atoms with Crippen LogP contribution in [0.3, 0.4) is 0 Å². The maximum absolute atomic E-state index is 12.5. The smallest absolute Gasteiger partial charge is 0.261 e. The number of nitrogens with zero attached hydrogens (tertiary/aromatic N) is 1. The minimum absolute atomic E-state index is 0.0190. The van der Waals surface area contributed by atoms with E-state index in [2.05, 4.69) is 10.0 Å². The molecule has 2 N–H and O–H groups in total. The molecule has 0 saturated heterocycles. The van der Waals surface area contributed by atoms with Crippen molar-refractivity contribution in [3.63, 3.8) is 0 Å². The summed E-state index contributed by atoms with van der Waals surface area (Å²) in [6, 6.07) is 18.3. The van der Waals surface area contributed by atoms with Crippen LogP contribution in [0.2, 0.25) is 5.02 Å². The van der Waals surface area contributed by atoms with E-state index in [0.717, 1.165) is 0 Å². The molecule has 9 heteroatoms. The van der Waals surface area contributed by atoms with Crippen LogP contribution < -0.4 is 10.0 Å². The van der Waals surface area contributed by atoms with Crippen LogP contribution in [0.4, 0.5) is 11.4 Å². The van der Waals surface area contributed by atoms with Crippen LogP contribution in [0, 0.1) is 0 Å². The van der Waals surface area contributed by atoms with Crippen molar-refractivity contribution in [1.82, 2.24) is 4.90 Å². The van der Waals surface area contributed by atoms with E-state index in [9.17, 15) is 18.0 Å². The maximum Gasteiger partial charge on any atom is 0.261 e. The quantitative estimate of drug-likeness (QED) is 0.582. The molecular formula is C22H20ClN3O4S. The topological polar surface area (TPSA) is 95.6 Å². The molecule has 160 valence electrons. The van der Waals surface area contributed by atoms with E-state index in [1.165, 1.54) is 29.2 Å². The fraction of sp³-hybridized carbons (Fsp3) is 0.0909. The number of amides is 2. The van der Waals surface area contributed by atoms with E-state index in [0.29, 0.717) is 27.5 Å². The highest BCUT2D eigenvalue weighted by atomic mass is 35.5. The van der Waals surface area contributed by atoms with Crippen molar-refractivity contribution in [2.24, 2.45) is 0 Å². The Hall–Kier alpha value is -3.36. The molecule has 3 aromatic carbocycles. The first-order valence-electron chi connectivity index (χ1n) is 9.17. The minimum atomic E-state index is -3.81. The Balaban J connectivity index is 1.68. The zero-order valence-electron chi connectivity index (χ0n) is 16.8. The zero-order valence-corrected chi connectivity index (χ0v) is 18.4. The summed E-state index contributed by atoms with van der Waals surface area (Å²) < 4.78 is 27.5. The minimum Gasteiger partial charge on any atom is -0.345 e. The summed E-state index contributed by atoms with van der Waals surface area (Å²) in [4.78, 5) is 25.9. The maximum atomic E-state index is 12.5. The van der Waals surface area contributed by atoms with Crippen LogP contribution in [-0.4, -0.2) is 39.2 Å². The van der Waals surface area contributed by atoms with Gasteiger partial charge in [-0.15, -0.1) is 0 Å². The Morgan fingerprint density at radius 2 is 1.29 bits per heavy atom. The summed E-state index contributed by atoms with van der Waals surface area (Å²) in [5.74, 6) is -0.539. The number of hydrogen-bond acceptors (Lipinski definition) is 4. The molecule has 3 aromatic rings. The summed E-state index contributed by atoms with van der Waals surface area (Å²) in [5, 5.41) is 3.21. The van der Waals surface area contributed by atoms with E-state index in [4.69, 9.17) is 11.6 Å². The Morgan fingerprint density at radius 1 is 0.774 bits per heavy atom. The standard InChI is InChI=1S/C22H20ClN3O4S/c1-26(2)22(28)16-3-9-18(10-4-16)24-21(27)15-5-13-20(14-6-15)31(29,30)25-19-11-7-17(23)8-12-19/h3-14,25H,1-2H3,(H,24,27). The van der Waals surface area contributed by atoms with Gasteiger partial charge in [0.1, 0.15) is 0 Å². The summed E-state index contributed by atoms with van der Waals surface area (Å²) in [6.07, 6.45) is 0. The van der Waals surface area contributed by atoms with Gasteiger partial charge in [-0.05, 0) is 72.8 Å². The van der Waals surface area contributed by atoms with E-state index in [1.54, 1.807) is 62.6 Å². The molecule has 2 amide bonds. The van der Waals surface area contributed by atoms with Crippen LogP contribution in [0.5, 0.6) is 0 Å². The number of carbonyl (C=O) groups is 2. The fourth-order valence-corrected chi connectivity index (χ4v) is 3.86. The predicted octanol–water partition coefficient (Wildman–Crippen LogP) is 4.09. The third-order valence-corrected chi connectivity index (χ3v) is 5.97. The van der Waals surface area contributed by atoms with Crippen LogP contribution in [0.1, 0.15) is 20.7 Å². The monoisotopic (exact) mass is 457 g/mol. The molecular weight excluding hydrogens is 438 g/mol. The largest absolute Gasteiger partial charge is 0.345 e. The number of benzene rings is 3. The van der Waals surface area contributed by atoms with Crippen molar-refractivity contribution in [3.05, 3.63) is 88.9 Å². The third-order valence-electron chi connectivity index (χ3n) is 4.32. The second-order valence-corrected chi connectivity index (χ2v) is 8.99. The molecule has 0 aliphatic heterocycles. The number of carbonyl (C=O) groups excluding carboxylic acids is 2. The molecule has 0 bridgehead atoms. The van der Waals surface area contributed by atoms with Gasteiger partial charge in [0.05, 0.1) is 4.90 Å². The molecule has 0 saturated carbocycles. The average Bonchev–Trinajstić information content (AvgIpc) is 2.75. The molecule has 31 heavy (non-hydrogen) atoms. The van der Waals surface area contributed by atoms with E-state index in [-0.39, 0.29) is 10.8 Å². The number of rotatable bonds is 6. The van der Waals surface area contributed by atoms with Crippen molar-refractivity contribution in [2.45, 2.75) is 4.90 Å². The lowest BCUT2D eigenvalue weighted by molar-refractivity contribution is 0.0827. The van der Waals surface area contributed by atoms with E-state index >= 15 is 0 Å². The Morgan fingerprint density at radius 3 is 1.84 bits per heavy atom. The highest BCUT2D eigenvalue weighted by Crippen LogP contribution is 2.19. The van der Waals surface area contributed by atoms with Crippen LogP contribution in [0.15, 0.2) is 77.7 Å². The molecule has 0 atom stereocenters. The SMILES string of the molecule is CN(C)C(=O)c1ccc(NC(=O)c2ccc(S(=O)(=O)Nc3ccc(Cl)cc3)cc2)cc1. The van der Waals surface area contributed by atoms with Gasteiger partial charge in [0, 0.05) is 41.6 Å². The van der Waals surface area contributed by atoms with Gasteiger partial charge in [0.2, 0.25) is 0 Å². The Bertz CT molecular complexity index is 1190. The molecule has 0 unspecified atom stereocenters. The zero-order chi connectivity index (χ0) is 22.6. The summed E-state index contributed by atoms with van der Waals surface area (Å²) >= 11 is 5.81. The Kier molecular flexibility index (Phi) is 6.62. The van der Waals surface area contributed by atoms with Gasteiger partial charge in [-0.2, -0.15) is 0 Å². The number of hydrogen-bond donors (Lipinski definition) is 2. The molecule has 0 fully saturated rings. The first-order chi connectivity index (χ1) is 14.7. The summed E-state index contributed by atoms with van der Waals surface area (Å²) in [5.41, 5.74) is 1.69.